The zero-order valence-electron chi connectivity index (χ0n) is 10.3. The molecule has 0 aliphatic rings. The predicted octanol–water partition coefficient (Wildman–Crippen LogP) is 1.89. The number of hydrogen-bond donors (Lipinski definition) is 1. The van der Waals surface area contributed by atoms with Crippen LogP contribution in [0, 0.1) is 0 Å². The Morgan fingerprint density at radius 2 is 2.37 bits per heavy atom. The van der Waals surface area contributed by atoms with Crippen LogP contribution in [-0.4, -0.2) is 22.1 Å². The highest BCUT2D eigenvalue weighted by Crippen LogP contribution is 2.05. The molecule has 0 saturated heterocycles. The van der Waals surface area contributed by atoms with Gasteiger partial charge in [0.25, 0.3) is 5.91 Å². The van der Waals surface area contributed by atoms with E-state index >= 15 is 0 Å². The fourth-order valence-electron chi connectivity index (χ4n) is 1.30. The monoisotopic (exact) mass is 256 g/mol. The number of aromatic nitrogens is 2. The van der Waals surface area contributed by atoms with E-state index in [0.717, 1.165) is 11.3 Å². The molecule has 0 unspecified atom stereocenters. The summed E-state index contributed by atoms with van der Waals surface area (Å²) in [6.07, 6.45) is 9.23. The number of rotatable bonds is 4. The minimum absolute atomic E-state index is 0.215. The van der Waals surface area contributed by atoms with Crippen molar-refractivity contribution in [1.82, 2.24) is 15.4 Å². The van der Waals surface area contributed by atoms with Gasteiger partial charge in [-0.3, -0.25) is 9.78 Å². The fraction of sp³-hybridized carbons (Fsp3) is 0.0769. The molecule has 6 nitrogen and oxygen atoms in total. The van der Waals surface area contributed by atoms with Gasteiger partial charge < -0.3 is 4.42 Å². The van der Waals surface area contributed by atoms with E-state index in [0.29, 0.717) is 0 Å². The minimum Gasteiger partial charge on any atom is -0.465 e. The topological polar surface area (TPSA) is 80.4 Å². The SMILES string of the molecule is C/C(C=NNC(=O)c1cnccn1)=C\c1ccco1. The van der Waals surface area contributed by atoms with Crippen molar-refractivity contribution in [2.24, 2.45) is 5.10 Å². The average molecular weight is 256 g/mol. The maximum atomic E-state index is 11.6. The van der Waals surface area contributed by atoms with Crippen LogP contribution in [-0.2, 0) is 0 Å². The highest BCUT2D eigenvalue weighted by atomic mass is 16.3. The van der Waals surface area contributed by atoms with Crippen LogP contribution in [0.25, 0.3) is 6.08 Å². The molecule has 0 saturated carbocycles. The summed E-state index contributed by atoms with van der Waals surface area (Å²) in [6, 6.07) is 3.63. The first-order chi connectivity index (χ1) is 9.25. The van der Waals surface area contributed by atoms with Crippen LogP contribution in [0.3, 0.4) is 0 Å². The maximum Gasteiger partial charge on any atom is 0.291 e. The van der Waals surface area contributed by atoms with Crippen LogP contribution >= 0.6 is 0 Å². The number of nitrogens with one attached hydrogen (secondary N) is 1. The smallest absolute Gasteiger partial charge is 0.291 e. The second-order valence-electron chi connectivity index (χ2n) is 3.69. The van der Waals surface area contributed by atoms with E-state index < -0.39 is 5.91 Å². The normalized spacial score (nSPS) is 11.7. The van der Waals surface area contributed by atoms with E-state index in [2.05, 4.69) is 20.5 Å². The molecule has 0 radical (unpaired) electrons. The van der Waals surface area contributed by atoms with Gasteiger partial charge in [-0.25, -0.2) is 10.4 Å². The second kappa shape index (κ2) is 6.25. The van der Waals surface area contributed by atoms with Crippen molar-refractivity contribution in [3.05, 3.63) is 54.0 Å². The molecule has 96 valence electrons. The third-order valence-electron chi connectivity index (χ3n) is 2.14. The predicted molar refractivity (Wildman–Crippen MR) is 70.3 cm³/mol. The Morgan fingerprint density at radius 3 is 3.05 bits per heavy atom. The van der Waals surface area contributed by atoms with Crippen LogP contribution in [0.4, 0.5) is 0 Å². The van der Waals surface area contributed by atoms with Crippen molar-refractivity contribution in [2.45, 2.75) is 6.92 Å². The van der Waals surface area contributed by atoms with Crippen LogP contribution in [0.2, 0.25) is 0 Å². The third kappa shape index (κ3) is 3.88. The molecule has 0 atom stereocenters. The lowest BCUT2D eigenvalue weighted by molar-refractivity contribution is 0.0949. The molecule has 2 aromatic heterocycles. The molecule has 19 heavy (non-hydrogen) atoms. The third-order valence-corrected chi connectivity index (χ3v) is 2.14. The van der Waals surface area contributed by atoms with Crippen LogP contribution in [0.1, 0.15) is 23.2 Å². The Morgan fingerprint density at radius 1 is 1.47 bits per heavy atom. The van der Waals surface area contributed by atoms with E-state index in [1.807, 2.05) is 13.0 Å². The van der Waals surface area contributed by atoms with Crippen molar-refractivity contribution < 1.29 is 9.21 Å². The van der Waals surface area contributed by atoms with Crippen molar-refractivity contribution in [2.75, 3.05) is 0 Å². The minimum atomic E-state index is -0.407. The van der Waals surface area contributed by atoms with Gasteiger partial charge in [-0.15, -0.1) is 0 Å². The number of amides is 1. The van der Waals surface area contributed by atoms with Gasteiger partial charge in [0.1, 0.15) is 11.5 Å². The standard InChI is InChI=1S/C13H12N4O2/c1-10(7-11-3-2-6-19-11)8-16-17-13(18)12-9-14-4-5-15-12/h2-9H,1H3,(H,17,18)/b10-7+,16-8?. The molecular formula is C13H12N4O2. The Bertz CT molecular complexity index is 588. The highest BCUT2D eigenvalue weighted by molar-refractivity contribution is 5.93. The van der Waals surface area contributed by atoms with E-state index in [4.69, 9.17) is 4.42 Å². The number of allylic oxidation sites excluding steroid dienone is 1. The number of carbonyl (C=O) groups is 1. The molecule has 6 heteroatoms. The second-order valence-corrected chi connectivity index (χ2v) is 3.69. The van der Waals surface area contributed by atoms with Crippen LogP contribution < -0.4 is 5.43 Å². The summed E-state index contributed by atoms with van der Waals surface area (Å²) in [6.45, 7) is 1.85. The van der Waals surface area contributed by atoms with Gasteiger partial charge in [0.15, 0.2) is 0 Å². The quantitative estimate of drug-likeness (QED) is 0.669. The molecule has 0 aliphatic carbocycles. The number of hydrazone groups is 1. The largest absolute Gasteiger partial charge is 0.465 e. The van der Waals surface area contributed by atoms with E-state index in [9.17, 15) is 4.79 Å². The Labute approximate surface area is 109 Å². The van der Waals surface area contributed by atoms with Crippen molar-refractivity contribution in [1.29, 1.82) is 0 Å². The van der Waals surface area contributed by atoms with Crippen molar-refractivity contribution in [3.8, 4) is 0 Å². The first kappa shape index (κ1) is 12.7. The van der Waals surface area contributed by atoms with E-state index in [1.165, 1.54) is 24.8 Å². The van der Waals surface area contributed by atoms with Gasteiger partial charge in [-0.2, -0.15) is 5.10 Å². The molecule has 1 amide bonds. The summed E-state index contributed by atoms with van der Waals surface area (Å²) in [5.74, 6) is 0.319. The Kier molecular flexibility index (Phi) is 4.17. The molecular weight excluding hydrogens is 244 g/mol. The number of hydrogen-bond acceptors (Lipinski definition) is 5. The van der Waals surface area contributed by atoms with Gasteiger partial charge in [-0.1, -0.05) is 0 Å². The van der Waals surface area contributed by atoms with Gasteiger partial charge in [0.05, 0.1) is 18.7 Å². The fourth-order valence-corrected chi connectivity index (χ4v) is 1.30. The zero-order chi connectivity index (χ0) is 13.5. The number of furan rings is 1. The van der Waals surface area contributed by atoms with Gasteiger partial charge in [0.2, 0.25) is 0 Å². The summed E-state index contributed by atoms with van der Waals surface area (Å²) in [7, 11) is 0. The van der Waals surface area contributed by atoms with Crippen LogP contribution in [0.5, 0.6) is 0 Å². The molecule has 0 fully saturated rings. The maximum absolute atomic E-state index is 11.6. The Hall–Kier alpha value is -2.76. The molecule has 0 aromatic carbocycles. The molecule has 2 rings (SSSR count). The lowest BCUT2D eigenvalue weighted by atomic mass is 10.3. The van der Waals surface area contributed by atoms with Gasteiger partial charge in [0, 0.05) is 12.4 Å². The van der Waals surface area contributed by atoms with E-state index in [1.54, 1.807) is 18.4 Å². The molecule has 2 heterocycles. The molecule has 0 spiro atoms. The van der Waals surface area contributed by atoms with Gasteiger partial charge in [-0.05, 0) is 30.7 Å². The summed E-state index contributed by atoms with van der Waals surface area (Å²) in [5.41, 5.74) is 3.42. The molecule has 1 N–H and O–H groups in total. The Balaban J connectivity index is 1.92. The lowest BCUT2D eigenvalue weighted by Gasteiger charge is -1.97. The van der Waals surface area contributed by atoms with Crippen LogP contribution in [0.15, 0.2) is 52.1 Å². The van der Waals surface area contributed by atoms with Crippen molar-refractivity contribution in [3.63, 3.8) is 0 Å². The summed E-state index contributed by atoms with van der Waals surface area (Å²) in [5, 5.41) is 3.83. The number of nitrogens with zero attached hydrogens (tertiary/aromatic N) is 3. The van der Waals surface area contributed by atoms with E-state index in [-0.39, 0.29) is 5.69 Å². The molecule has 0 bridgehead atoms. The summed E-state index contributed by atoms with van der Waals surface area (Å²) in [4.78, 5) is 19.2. The molecule has 2 aromatic rings. The average Bonchev–Trinajstić information content (AvgIpc) is 2.92. The molecule has 0 aliphatic heterocycles. The number of carbonyl (C=O) groups excluding carboxylic acids is 1. The first-order valence-electron chi connectivity index (χ1n) is 5.57. The van der Waals surface area contributed by atoms with Crippen molar-refractivity contribution >= 4 is 18.2 Å². The lowest BCUT2D eigenvalue weighted by Crippen LogP contribution is -2.19. The summed E-state index contributed by atoms with van der Waals surface area (Å²) >= 11 is 0. The zero-order valence-corrected chi connectivity index (χ0v) is 10.3. The summed E-state index contributed by atoms with van der Waals surface area (Å²) < 4.78 is 5.16. The first-order valence-corrected chi connectivity index (χ1v) is 5.57. The van der Waals surface area contributed by atoms with Gasteiger partial charge >= 0.3 is 0 Å². The highest BCUT2D eigenvalue weighted by Gasteiger charge is 2.04.